The SMILES string of the molecule is CNCC(=O)NCCN1C(=O)C2C3C=CC(C3)C2C1=O. The van der Waals surface area contributed by atoms with Crippen molar-refractivity contribution >= 4 is 17.7 Å². The fourth-order valence-electron chi connectivity index (χ4n) is 3.71. The van der Waals surface area contributed by atoms with Gasteiger partial charge in [-0.25, -0.2) is 0 Å². The Morgan fingerprint density at radius 3 is 2.40 bits per heavy atom. The molecule has 2 aliphatic carbocycles. The van der Waals surface area contributed by atoms with Crippen molar-refractivity contribution in [1.29, 1.82) is 0 Å². The number of hydrogen-bond acceptors (Lipinski definition) is 4. The molecule has 1 aliphatic heterocycles. The summed E-state index contributed by atoms with van der Waals surface area (Å²) in [6.45, 7) is 0.834. The molecule has 4 unspecified atom stereocenters. The lowest BCUT2D eigenvalue weighted by Crippen LogP contribution is -2.41. The summed E-state index contributed by atoms with van der Waals surface area (Å²) in [4.78, 5) is 37.3. The Balaban J connectivity index is 1.58. The maximum atomic E-state index is 12.3. The predicted molar refractivity (Wildman–Crippen MR) is 71.4 cm³/mol. The van der Waals surface area contributed by atoms with Crippen LogP contribution in [0.5, 0.6) is 0 Å². The Morgan fingerprint density at radius 2 is 1.85 bits per heavy atom. The Morgan fingerprint density at radius 1 is 1.25 bits per heavy atom. The molecule has 0 aromatic carbocycles. The van der Waals surface area contributed by atoms with Crippen LogP contribution < -0.4 is 10.6 Å². The first-order valence-electron chi connectivity index (χ1n) is 7.08. The van der Waals surface area contributed by atoms with Crippen molar-refractivity contribution in [3.05, 3.63) is 12.2 Å². The number of carbonyl (C=O) groups is 3. The standard InChI is InChI=1S/C14H19N3O3/c1-15-7-10(18)16-4-5-17-13(19)11-8-2-3-9(6-8)12(11)14(17)20/h2-3,8-9,11-12,15H,4-7H2,1H3,(H,16,18). The van der Waals surface area contributed by atoms with Gasteiger partial charge in [-0.3, -0.25) is 19.3 Å². The highest BCUT2D eigenvalue weighted by atomic mass is 16.2. The van der Waals surface area contributed by atoms with Crippen molar-refractivity contribution in [2.45, 2.75) is 6.42 Å². The Labute approximate surface area is 117 Å². The van der Waals surface area contributed by atoms with E-state index in [1.807, 2.05) is 0 Å². The zero-order valence-corrected chi connectivity index (χ0v) is 11.5. The van der Waals surface area contributed by atoms with Crippen LogP contribution in [-0.2, 0) is 14.4 Å². The molecule has 6 heteroatoms. The summed E-state index contributed by atoms with van der Waals surface area (Å²) in [6, 6.07) is 0. The van der Waals surface area contributed by atoms with Gasteiger partial charge in [-0.15, -0.1) is 0 Å². The summed E-state index contributed by atoms with van der Waals surface area (Å²) >= 11 is 0. The fourth-order valence-corrected chi connectivity index (χ4v) is 3.71. The molecule has 3 rings (SSSR count). The molecule has 0 aromatic heterocycles. The molecule has 0 aromatic rings. The quantitative estimate of drug-likeness (QED) is 0.506. The van der Waals surface area contributed by atoms with E-state index in [1.54, 1.807) is 7.05 Å². The van der Waals surface area contributed by atoms with Crippen LogP contribution in [0.3, 0.4) is 0 Å². The molecule has 2 N–H and O–H groups in total. The number of hydrogen-bond donors (Lipinski definition) is 2. The third kappa shape index (κ3) is 1.95. The van der Waals surface area contributed by atoms with E-state index in [-0.39, 0.29) is 54.5 Å². The molecule has 1 saturated carbocycles. The summed E-state index contributed by atoms with van der Waals surface area (Å²) in [5.41, 5.74) is 0. The van der Waals surface area contributed by atoms with E-state index >= 15 is 0 Å². The van der Waals surface area contributed by atoms with Crippen LogP contribution in [0, 0.1) is 23.7 Å². The van der Waals surface area contributed by atoms with Gasteiger partial charge in [0.15, 0.2) is 0 Å². The number of allylic oxidation sites excluding steroid dienone is 2. The molecule has 0 spiro atoms. The molecule has 2 bridgehead atoms. The predicted octanol–water partition coefficient (Wildman–Crippen LogP) is -0.871. The van der Waals surface area contributed by atoms with Gasteiger partial charge in [0.1, 0.15) is 0 Å². The van der Waals surface area contributed by atoms with Crippen LogP contribution >= 0.6 is 0 Å². The number of fused-ring (bicyclic) bond motifs is 5. The van der Waals surface area contributed by atoms with E-state index in [9.17, 15) is 14.4 Å². The second-order valence-corrected chi connectivity index (χ2v) is 5.71. The topological polar surface area (TPSA) is 78.5 Å². The van der Waals surface area contributed by atoms with Gasteiger partial charge in [0.25, 0.3) is 0 Å². The molecule has 0 radical (unpaired) electrons. The maximum absolute atomic E-state index is 12.3. The first-order valence-corrected chi connectivity index (χ1v) is 7.08. The number of carbonyl (C=O) groups excluding carboxylic acids is 3. The molecule has 1 saturated heterocycles. The third-order valence-electron chi connectivity index (χ3n) is 4.56. The normalized spacial score (nSPS) is 34.0. The number of likely N-dealkylation sites (tertiary alicyclic amines) is 1. The fraction of sp³-hybridized carbons (Fsp3) is 0.643. The molecular formula is C14H19N3O3. The first kappa shape index (κ1) is 13.3. The first-order chi connectivity index (χ1) is 9.63. The zero-order chi connectivity index (χ0) is 14.3. The Kier molecular flexibility index (Phi) is 3.33. The summed E-state index contributed by atoms with van der Waals surface area (Å²) in [6.07, 6.45) is 5.10. The van der Waals surface area contributed by atoms with E-state index in [0.717, 1.165) is 6.42 Å². The van der Waals surface area contributed by atoms with E-state index in [0.29, 0.717) is 6.54 Å². The molecule has 20 heavy (non-hydrogen) atoms. The van der Waals surface area contributed by atoms with Gasteiger partial charge >= 0.3 is 0 Å². The van der Waals surface area contributed by atoms with Gasteiger partial charge in [0, 0.05) is 13.1 Å². The lowest BCUT2D eigenvalue weighted by Gasteiger charge is -2.17. The van der Waals surface area contributed by atoms with E-state index in [1.165, 1.54) is 4.90 Å². The van der Waals surface area contributed by atoms with Gasteiger partial charge in [-0.1, -0.05) is 12.2 Å². The van der Waals surface area contributed by atoms with Crippen molar-refractivity contribution in [1.82, 2.24) is 15.5 Å². The largest absolute Gasteiger partial charge is 0.353 e. The van der Waals surface area contributed by atoms with Crippen molar-refractivity contribution in [3.63, 3.8) is 0 Å². The van der Waals surface area contributed by atoms with Gasteiger partial charge in [0.05, 0.1) is 18.4 Å². The number of nitrogens with zero attached hydrogens (tertiary/aromatic N) is 1. The van der Waals surface area contributed by atoms with Crippen molar-refractivity contribution in [2.75, 3.05) is 26.7 Å². The lowest BCUT2D eigenvalue weighted by atomic mass is 9.85. The molecular weight excluding hydrogens is 258 g/mol. The molecule has 3 amide bonds. The number of rotatable bonds is 5. The highest BCUT2D eigenvalue weighted by Crippen LogP contribution is 2.52. The van der Waals surface area contributed by atoms with Gasteiger partial charge in [0.2, 0.25) is 17.7 Å². The number of nitrogens with one attached hydrogen (secondary N) is 2. The highest BCUT2D eigenvalue weighted by molar-refractivity contribution is 6.06. The van der Waals surface area contributed by atoms with Crippen molar-refractivity contribution < 1.29 is 14.4 Å². The number of likely N-dealkylation sites (N-methyl/N-ethyl adjacent to an activating group) is 1. The van der Waals surface area contributed by atoms with Crippen LogP contribution in [0.25, 0.3) is 0 Å². The van der Waals surface area contributed by atoms with Gasteiger partial charge < -0.3 is 10.6 Å². The van der Waals surface area contributed by atoms with Crippen molar-refractivity contribution in [2.24, 2.45) is 23.7 Å². The lowest BCUT2D eigenvalue weighted by molar-refractivity contribution is -0.141. The summed E-state index contributed by atoms with van der Waals surface area (Å²) < 4.78 is 0. The minimum atomic E-state index is -0.148. The monoisotopic (exact) mass is 277 g/mol. The summed E-state index contributed by atoms with van der Waals surface area (Å²) in [5.74, 6) is -0.0559. The smallest absolute Gasteiger partial charge is 0.234 e. The van der Waals surface area contributed by atoms with Gasteiger partial charge in [-0.05, 0) is 25.3 Å². The molecule has 3 aliphatic rings. The van der Waals surface area contributed by atoms with Crippen LogP contribution in [0.4, 0.5) is 0 Å². The highest BCUT2D eigenvalue weighted by Gasteiger charge is 2.58. The average molecular weight is 277 g/mol. The van der Waals surface area contributed by atoms with E-state index < -0.39 is 0 Å². The second kappa shape index (κ2) is 5.01. The molecule has 4 atom stereocenters. The Bertz CT molecular complexity index is 458. The average Bonchev–Trinajstić information content (AvgIpc) is 3.08. The second-order valence-electron chi connectivity index (χ2n) is 5.71. The molecule has 2 fully saturated rings. The third-order valence-corrected chi connectivity index (χ3v) is 4.56. The molecule has 108 valence electrons. The maximum Gasteiger partial charge on any atom is 0.234 e. The van der Waals surface area contributed by atoms with Crippen LogP contribution in [0.2, 0.25) is 0 Å². The molecule has 1 heterocycles. The van der Waals surface area contributed by atoms with Gasteiger partial charge in [-0.2, -0.15) is 0 Å². The van der Waals surface area contributed by atoms with E-state index in [2.05, 4.69) is 22.8 Å². The number of amides is 3. The van der Waals surface area contributed by atoms with E-state index in [4.69, 9.17) is 0 Å². The zero-order valence-electron chi connectivity index (χ0n) is 11.5. The van der Waals surface area contributed by atoms with Crippen LogP contribution in [-0.4, -0.2) is 49.3 Å². The van der Waals surface area contributed by atoms with Crippen molar-refractivity contribution in [3.8, 4) is 0 Å². The summed E-state index contributed by atoms with van der Waals surface area (Å²) in [5, 5.41) is 5.44. The number of imide groups is 1. The Hall–Kier alpha value is -1.69. The van der Waals surface area contributed by atoms with Crippen LogP contribution in [0.15, 0.2) is 12.2 Å². The minimum Gasteiger partial charge on any atom is -0.353 e. The van der Waals surface area contributed by atoms with Crippen LogP contribution in [0.1, 0.15) is 6.42 Å². The summed E-state index contributed by atoms with van der Waals surface area (Å²) in [7, 11) is 1.69. The molecule has 6 nitrogen and oxygen atoms in total. The minimum absolute atomic E-state index is 0.0558.